The van der Waals surface area contributed by atoms with E-state index in [-0.39, 0.29) is 43.0 Å². The molecule has 43 heavy (non-hydrogen) atoms. The number of carbonyl (C=O) groups is 3. The zero-order valence-electron chi connectivity index (χ0n) is 24.3. The molecule has 222 valence electrons. The number of anilines is 1. The maximum atomic E-state index is 13.5. The van der Waals surface area contributed by atoms with E-state index in [4.69, 9.17) is 9.47 Å². The van der Waals surface area contributed by atoms with Crippen LogP contribution in [-0.4, -0.2) is 53.2 Å². The van der Waals surface area contributed by atoms with Crippen LogP contribution in [0.2, 0.25) is 0 Å². The molecule has 2 N–H and O–H groups in total. The van der Waals surface area contributed by atoms with E-state index in [2.05, 4.69) is 15.3 Å². The van der Waals surface area contributed by atoms with Gasteiger partial charge in [0.1, 0.15) is 5.82 Å². The summed E-state index contributed by atoms with van der Waals surface area (Å²) >= 11 is 0. The Hall–Kier alpha value is -5.19. The minimum Gasteiger partial charge on any atom is -0.434 e. The number of nitrogens with zero attached hydrogens (tertiary/aromatic N) is 3. The van der Waals surface area contributed by atoms with Gasteiger partial charge in [0.15, 0.2) is 5.76 Å². The fourth-order valence-electron chi connectivity index (χ4n) is 5.15. The van der Waals surface area contributed by atoms with Gasteiger partial charge in [0.05, 0.1) is 30.7 Å². The predicted octanol–water partition coefficient (Wildman–Crippen LogP) is 5.95. The van der Waals surface area contributed by atoms with Crippen molar-refractivity contribution in [2.45, 2.75) is 32.7 Å². The smallest absolute Gasteiger partial charge is 0.434 e. The number of ether oxygens (including phenoxy) is 2. The molecule has 3 amide bonds. The zero-order chi connectivity index (χ0) is 30.7. The molecule has 0 saturated carbocycles. The SMILES string of the molecule is CCOC(=O)OC1=CN(C(=O)c2ccc(F)cc2)CC(C)(C)c2c1[nH]c1cc(N(C)C(=O)NCc3ccccn3)ccc21. The molecule has 10 nitrogen and oxygen atoms in total. The number of halogens is 1. The first-order valence-electron chi connectivity index (χ1n) is 13.8. The fraction of sp³-hybridized carbons (Fsp3) is 0.250. The summed E-state index contributed by atoms with van der Waals surface area (Å²) in [5, 5.41) is 3.70. The number of urea groups is 1. The van der Waals surface area contributed by atoms with Gasteiger partial charge in [-0.2, -0.15) is 0 Å². The quantitative estimate of drug-likeness (QED) is 0.270. The van der Waals surface area contributed by atoms with Gasteiger partial charge in [-0.15, -0.1) is 0 Å². The van der Waals surface area contributed by atoms with Crippen molar-refractivity contribution in [1.29, 1.82) is 0 Å². The van der Waals surface area contributed by atoms with Crippen molar-refractivity contribution in [1.82, 2.24) is 20.2 Å². The van der Waals surface area contributed by atoms with Gasteiger partial charge in [-0.05, 0) is 61.0 Å². The Kier molecular flexibility index (Phi) is 8.16. The Labute approximate surface area is 248 Å². The van der Waals surface area contributed by atoms with Crippen molar-refractivity contribution in [3.63, 3.8) is 0 Å². The van der Waals surface area contributed by atoms with Crippen LogP contribution < -0.4 is 10.2 Å². The molecule has 0 unspecified atom stereocenters. The molecular formula is C32H32FN5O5. The first-order chi connectivity index (χ1) is 20.6. The Morgan fingerprint density at radius 3 is 2.58 bits per heavy atom. The highest BCUT2D eigenvalue weighted by Gasteiger charge is 2.37. The van der Waals surface area contributed by atoms with E-state index in [0.717, 1.165) is 16.6 Å². The molecule has 0 aliphatic carbocycles. The lowest BCUT2D eigenvalue weighted by Gasteiger charge is -2.29. The van der Waals surface area contributed by atoms with Crippen LogP contribution >= 0.6 is 0 Å². The number of benzene rings is 2. The molecule has 0 radical (unpaired) electrons. The summed E-state index contributed by atoms with van der Waals surface area (Å²) in [5.41, 5.74) is 3.05. The van der Waals surface area contributed by atoms with Crippen LogP contribution in [0.1, 0.15) is 48.1 Å². The van der Waals surface area contributed by atoms with E-state index in [1.807, 2.05) is 50.2 Å². The standard InChI is InChI=1S/C32H32FN5O5/c1-5-42-31(41)43-26-18-38(29(39)20-9-11-21(33)12-10-20)19-32(2,3)27-24-14-13-23(16-25(24)36-28(26)27)37(4)30(40)35-17-22-8-6-7-15-34-22/h6-16,18,36H,5,17,19H2,1-4H3,(H,35,40). The number of rotatable bonds is 6. The van der Waals surface area contributed by atoms with Crippen LogP contribution in [0.3, 0.4) is 0 Å². The highest BCUT2D eigenvalue weighted by atomic mass is 19.1. The summed E-state index contributed by atoms with van der Waals surface area (Å²) in [6.45, 7) is 6.25. The van der Waals surface area contributed by atoms with Crippen LogP contribution in [0, 0.1) is 5.82 Å². The summed E-state index contributed by atoms with van der Waals surface area (Å²) in [6, 6.07) is 16.0. The highest BCUT2D eigenvalue weighted by Crippen LogP contribution is 2.41. The Morgan fingerprint density at radius 1 is 1.12 bits per heavy atom. The Balaban J connectivity index is 1.51. The van der Waals surface area contributed by atoms with E-state index < -0.39 is 17.4 Å². The number of fused-ring (bicyclic) bond motifs is 3. The molecule has 2 aromatic carbocycles. The first-order valence-corrected chi connectivity index (χ1v) is 13.8. The van der Waals surface area contributed by atoms with Crippen LogP contribution in [-0.2, 0) is 21.4 Å². The van der Waals surface area contributed by atoms with Gasteiger partial charge in [0, 0.05) is 47.4 Å². The molecule has 4 aromatic rings. The molecule has 0 saturated heterocycles. The molecular weight excluding hydrogens is 553 g/mol. The van der Waals surface area contributed by atoms with Gasteiger partial charge in [0.25, 0.3) is 5.91 Å². The molecule has 1 aliphatic rings. The number of hydrogen-bond acceptors (Lipinski definition) is 6. The number of hydrogen-bond donors (Lipinski definition) is 2. The van der Waals surface area contributed by atoms with Crippen molar-refractivity contribution in [3.8, 4) is 0 Å². The third-order valence-electron chi connectivity index (χ3n) is 7.19. The second-order valence-electron chi connectivity index (χ2n) is 10.7. The maximum Gasteiger partial charge on any atom is 0.513 e. The van der Waals surface area contributed by atoms with Crippen LogP contribution in [0.4, 0.5) is 19.7 Å². The monoisotopic (exact) mass is 585 g/mol. The van der Waals surface area contributed by atoms with Crippen molar-refractivity contribution in [2.75, 3.05) is 25.1 Å². The zero-order valence-corrected chi connectivity index (χ0v) is 24.3. The molecule has 2 aromatic heterocycles. The molecule has 1 aliphatic heterocycles. The number of pyridine rings is 1. The van der Waals surface area contributed by atoms with Crippen molar-refractivity contribution in [2.24, 2.45) is 0 Å². The summed E-state index contributed by atoms with van der Waals surface area (Å²) in [7, 11) is 1.67. The molecule has 3 heterocycles. The lowest BCUT2D eigenvalue weighted by Crippen LogP contribution is -2.37. The van der Waals surface area contributed by atoms with Crippen LogP contribution in [0.5, 0.6) is 0 Å². The van der Waals surface area contributed by atoms with Crippen LogP contribution in [0.25, 0.3) is 16.7 Å². The maximum absolute atomic E-state index is 13.5. The molecule has 0 atom stereocenters. The number of nitrogens with one attached hydrogen (secondary N) is 2. The molecule has 0 fully saturated rings. The third-order valence-corrected chi connectivity index (χ3v) is 7.19. The lowest BCUT2D eigenvalue weighted by molar-refractivity contribution is 0.0788. The largest absolute Gasteiger partial charge is 0.513 e. The van der Waals surface area contributed by atoms with E-state index in [1.165, 1.54) is 40.3 Å². The topological polar surface area (TPSA) is 117 Å². The molecule has 0 bridgehead atoms. The summed E-state index contributed by atoms with van der Waals surface area (Å²) in [6.07, 6.45) is 2.21. The molecule has 0 spiro atoms. The second kappa shape index (κ2) is 12.0. The molecule has 5 rings (SSSR count). The van der Waals surface area contributed by atoms with E-state index in [9.17, 15) is 18.8 Å². The van der Waals surface area contributed by atoms with Gasteiger partial charge in [-0.3, -0.25) is 14.7 Å². The third kappa shape index (κ3) is 6.20. The fourth-order valence-corrected chi connectivity index (χ4v) is 5.15. The number of H-pyrrole nitrogens is 1. The minimum atomic E-state index is -0.919. The van der Waals surface area contributed by atoms with Crippen molar-refractivity contribution in [3.05, 3.63) is 101 Å². The van der Waals surface area contributed by atoms with Gasteiger partial charge < -0.3 is 24.7 Å². The van der Waals surface area contributed by atoms with Gasteiger partial charge in [-0.25, -0.2) is 14.0 Å². The van der Waals surface area contributed by atoms with E-state index in [1.54, 1.807) is 20.2 Å². The number of aromatic amines is 1. The summed E-state index contributed by atoms with van der Waals surface area (Å²) in [4.78, 5) is 49.4. The van der Waals surface area contributed by atoms with Crippen molar-refractivity contribution < 1.29 is 28.2 Å². The number of amides is 3. The van der Waals surface area contributed by atoms with Crippen molar-refractivity contribution >= 4 is 40.4 Å². The van der Waals surface area contributed by atoms with Gasteiger partial charge in [0.2, 0.25) is 0 Å². The first kappa shape index (κ1) is 29.3. The minimum absolute atomic E-state index is 0.0914. The molecule has 11 heteroatoms. The van der Waals surface area contributed by atoms with Crippen LogP contribution in [0.15, 0.2) is 73.1 Å². The van der Waals surface area contributed by atoms with E-state index in [0.29, 0.717) is 16.9 Å². The van der Waals surface area contributed by atoms with Gasteiger partial charge >= 0.3 is 12.2 Å². The normalized spacial score (nSPS) is 13.9. The average Bonchev–Trinajstić information content (AvgIpc) is 3.35. The second-order valence-corrected chi connectivity index (χ2v) is 10.7. The lowest BCUT2D eigenvalue weighted by atomic mass is 9.82. The summed E-state index contributed by atoms with van der Waals surface area (Å²) < 4.78 is 24.2. The summed E-state index contributed by atoms with van der Waals surface area (Å²) in [5.74, 6) is -0.742. The van der Waals surface area contributed by atoms with E-state index >= 15 is 0 Å². The number of aromatic nitrogens is 2. The average molecular weight is 586 g/mol. The highest BCUT2D eigenvalue weighted by molar-refractivity contribution is 5.99. The Bertz CT molecular complexity index is 1700. The Morgan fingerprint density at radius 2 is 1.88 bits per heavy atom. The van der Waals surface area contributed by atoms with Gasteiger partial charge in [-0.1, -0.05) is 26.0 Å². The predicted molar refractivity (Wildman–Crippen MR) is 160 cm³/mol. The number of carbonyl (C=O) groups excluding carboxylic acids is 3.